The van der Waals surface area contributed by atoms with Crippen molar-refractivity contribution in [2.75, 3.05) is 11.1 Å². The third kappa shape index (κ3) is 4.28. The van der Waals surface area contributed by atoms with Crippen LogP contribution < -0.4 is 11.1 Å². The fourth-order valence-electron chi connectivity index (χ4n) is 2.20. The molecule has 0 saturated heterocycles. The smallest absolute Gasteiger partial charge is 0.277 e. The highest BCUT2D eigenvalue weighted by Gasteiger charge is 2.13. The maximum Gasteiger partial charge on any atom is 0.277 e. The second-order valence-corrected chi connectivity index (χ2v) is 6.41. The molecule has 26 heavy (non-hydrogen) atoms. The molecule has 0 spiro atoms. The van der Waals surface area contributed by atoms with Gasteiger partial charge in [-0.05, 0) is 31.2 Å². The van der Waals surface area contributed by atoms with Crippen molar-refractivity contribution in [2.45, 2.75) is 12.1 Å². The number of hydrogen-bond donors (Lipinski definition) is 2. The van der Waals surface area contributed by atoms with E-state index in [2.05, 4.69) is 15.5 Å². The van der Waals surface area contributed by atoms with E-state index in [4.69, 9.17) is 10.2 Å². The average Bonchev–Trinajstić information content (AvgIpc) is 3.10. The Hall–Kier alpha value is -3.13. The SMILES string of the molecule is Cc1ccc(-c2nnc(SCC(=O)Nc3ccccc3C(N)=O)o2)cc1. The minimum Gasteiger partial charge on any atom is -0.411 e. The zero-order valence-corrected chi connectivity index (χ0v) is 14.7. The van der Waals surface area contributed by atoms with Gasteiger partial charge in [0.15, 0.2) is 0 Å². The first kappa shape index (κ1) is 17.7. The molecule has 1 aromatic heterocycles. The second kappa shape index (κ2) is 7.83. The van der Waals surface area contributed by atoms with Crippen LogP contribution in [0, 0.1) is 6.92 Å². The Labute approximate surface area is 154 Å². The van der Waals surface area contributed by atoms with E-state index in [0.717, 1.165) is 22.9 Å². The topological polar surface area (TPSA) is 111 Å². The normalized spacial score (nSPS) is 10.5. The van der Waals surface area contributed by atoms with Crippen molar-refractivity contribution in [3.05, 3.63) is 59.7 Å². The molecule has 0 aliphatic carbocycles. The summed E-state index contributed by atoms with van der Waals surface area (Å²) in [6.07, 6.45) is 0. The molecule has 0 fully saturated rings. The summed E-state index contributed by atoms with van der Waals surface area (Å²) in [5.74, 6) is -0.457. The first-order valence-corrected chi connectivity index (χ1v) is 8.73. The van der Waals surface area contributed by atoms with E-state index in [1.54, 1.807) is 24.3 Å². The molecule has 2 amide bonds. The van der Waals surface area contributed by atoms with Crippen LogP contribution in [0.4, 0.5) is 5.69 Å². The Morgan fingerprint density at radius 1 is 1.12 bits per heavy atom. The molecule has 3 rings (SSSR count). The van der Waals surface area contributed by atoms with Crippen LogP contribution in [-0.2, 0) is 4.79 Å². The summed E-state index contributed by atoms with van der Waals surface area (Å²) >= 11 is 1.11. The Balaban J connectivity index is 1.60. The average molecular weight is 368 g/mol. The summed E-state index contributed by atoms with van der Waals surface area (Å²) in [5.41, 5.74) is 7.87. The number of primary amides is 1. The summed E-state index contributed by atoms with van der Waals surface area (Å²) in [4.78, 5) is 23.5. The second-order valence-electron chi connectivity index (χ2n) is 5.49. The lowest BCUT2D eigenvalue weighted by Crippen LogP contribution is -2.19. The molecule has 0 bridgehead atoms. The Kier molecular flexibility index (Phi) is 5.33. The van der Waals surface area contributed by atoms with Crippen molar-refractivity contribution in [2.24, 2.45) is 5.73 Å². The van der Waals surface area contributed by atoms with E-state index in [1.165, 1.54) is 0 Å². The highest BCUT2D eigenvalue weighted by molar-refractivity contribution is 7.99. The van der Waals surface area contributed by atoms with Gasteiger partial charge < -0.3 is 15.5 Å². The summed E-state index contributed by atoms with van der Waals surface area (Å²) in [5, 5.41) is 10.9. The molecular formula is C18H16N4O3S. The molecule has 0 unspecified atom stereocenters. The van der Waals surface area contributed by atoms with Gasteiger partial charge in [-0.3, -0.25) is 9.59 Å². The zero-order valence-electron chi connectivity index (χ0n) is 13.9. The molecule has 0 saturated carbocycles. The lowest BCUT2D eigenvalue weighted by Gasteiger charge is -2.07. The van der Waals surface area contributed by atoms with Crippen LogP contribution in [0.5, 0.6) is 0 Å². The molecule has 3 aromatic rings. The van der Waals surface area contributed by atoms with Gasteiger partial charge in [0.05, 0.1) is 17.0 Å². The Morgan fingerprint density at radius 3 is 2.58 bits per heavy atom. The van der Waals surface area contributed by atoms with Gasteiger partial charge in [-0.1, -0.05) is 41.6 Å². The van der Waals surface area contributed by atoms with Crippen LogP contribution in [-0.4, -0.2) is 27.8 Å². The predicted molar refractivity (Wildman–Crippen MR) is 98.8 cm³/mol. The molecule has 0 atom stereocenters. The maximum atomic E-state index is 12.1. The van der Waals surface area contributed by atoms with Crippen LogP contribution in [0.1, 0.15) is 15.9 Å². The number of nitrogens with one attached hydrogen (secondary N) is 1. The third-order valence-electron chi connectivity index (χ3n) is 3.50. The number of nitrogens with two attached hydrogens (primary N) is 1. The first-order chi connectivity index (χ1) is 12.5. The van der Waals surface area contributed by atoms with Crippen molar-refractivity contribution in [1.82, 2.24) is 10.2 Å². The van der Waals surface area contributed by atoms with E-state index in [-0.39, 0.29) is 17.2 Å². The standard InChI is InChI=1S/C18H16N4O3S/c1-11-6-8-12(9-7-11)17-21-22-18(25-17)26-10-15(23)20-14-5-3-2-4-13(14)16(19)24/h2-9H,10H2,1H3,(H2,19,24)(H,20,23). The number of thioether (sulfide) groups is 1. The number of carbonyl (C=O) groups excluding carboxylic acids is 2. The number of hydrogen-bond acceptors (Lipinski definition) is 6. The Bertz CT molecular complexity index is 938. The number of aryl methyl sites for hydroxylation is 1. The molecule has 0 aliphatic heterocycles. The van der Waals surface area contributed by atoms with Crippen LogP contribution in [0.25, 0.3) is 11.5 Å². The molecule has 0 radical (unpaired) electrons. The van der Waals surface area contributed by atoms with Gasteiger partial charge in [0, 0.05) is 5.56 Å². The number of aromatic nitrogens is 2. The molecule has 0 aliphatic rings. The van der Waals surface area contributed by atoms with Crippen molar-refractivity contribution < 1.29 is 14.0 Å². The third-order valence-corrected chi connectivity index (χ3v) is 4.32. The van der Waals surface area contributed by atoms with Gasteiger partial charge in [-0.25, -0.2) is 0 Å². The van der Waals surface area contributed by atoms with E-state index in [0.29, 0.717) is 16.8 Å². The van der Waals surface area contributed by atoms with Gasteiger partial charge >= 0.3 is 0 Å². The van der Waals surface area contributed by atoms with E-state index in [1.807, 2.05) is 31.2 Å². The first-order valence-electron chi connectivity index (χ1n) is 7.75. The number of nitrogens with zero attached hydrogens (tertiary/aromatic N) is 2. The number of benzene rings is 2. The van der Waals surface area contributed by atoms with Crippen molar-refractivity contribution in [1.29, 1.82) is 0 Å². The fraction of sp³-hybridized carbons (Fsp3) is 0.111. The monoisotopic (exact) mass is 368 g/mol. The van der Waals surface area contributed by atoms with Crippen molar-refractivity contribution in [3.63, 3.8) is 0 Å². The molecule has 2 aromatic carbocycles. The fourth-order valence-corrected chi connectivity index (χ4v) is 2.76. The maximum absolute atomic E-state index is 12.1. The lowest BCUT2D eigenvalue weighted by atomic mass is 10.1. The van der Waals surface area contributed by atoms with Crippen LogP contribution in [0.3, 0.4) is 0 Å². The van der Waals surface area contributed by atoms with Crippen LogP contribution in [0.15, 0.2) is 58.2 Å². The number of rotatable bonds is 6. The van der Waals surface area contributed by atoms with E-state index >= 15 is 0 Å². The zero-order chi connectivity index (χ0) is 18.5. The van der Waals surface area contributed by atoms with Crippen LogP contribution >= 0.6 is 11.8 Å². The van der Waals surface area contributed by atoms with Gasteiger partial charge in [0.25, 0.3) is 11.1 Å². The summed E-state index contributed by atoms with van der Waals surface area (Å²) < 4.78 is 5.56. The molecule has 1 heterocycles. The van der Waals surface area contributed by atoms with E-state index < -0.39 is 5.91 Å². The largest absolute Gasteiger partial charge is 0.411 e. The quantitative estimate of drug-likeness (QED) is 0.647. The van der Waals surface area contributed by atoms with Gasteiger partial charge in [-0.2, -0.15) is 0 Å². The van der Waals surface area contributed by atoms with Gasteiger partial charge in [-0.15, -0.1) is 10.2 Å². The summed E-state index contributed by atoms with van der Waals surface area (Å²) in [6.45, 7) is 1.99. The summed E-state index contributed by atoms with van der Waals surface area (Å²) in [6, 6.07) is 14.2. The van der Waals surface area contributed by atoms with Gasteiger partial charge in [0.2, 0.25) is 11.8 Å². The van der Waals surface area contributed by atoms with Gasteiger partial charge in [0.1, 0.15) is 0 Å². The van der Waals surface area contributed by atoms with E-state index in [9.17, 15) is 9.59 Å². The molecular weight excluding hydrogens is 352 g/mol. The number of anilines is 1. The highest BCUT2D eigenvalue weighted by atomic mass is 32.2. The minimum absolute atomic E-state index is 0.0582. The molecule has 132 valence electrons. The van der Waals surface area contributed by atoms with Crippen LogP contribution in [0.2, 0.25) is 0 Å². The number of carbonyl (C=O) groups is 2. The summed E-state index contributed by atoms with van der Waals surface area (Å²) in [7, 11) is 0. The lowest BCUT2D eigenvalue weighted by molar-refractivity contribution is -0.113. The predicted octanol–water partition coefficient (Wildman–Crippen LogP) is 2.87. The highest BCUT2D eigenvalue weighted by Crippen LogP contribution is 2.23. The van der Waals surface area contributed by atoms with Crippen molar-refractivity contribution >= 4 is 29.3 Å². The Morgan fingerprint density at radius 2 is 1.85 bits per heavy atom. The minimum atomic E-state index is -0.604. The molecule has 8 heteroatoms. The number of para-hydroxylation sites is 1. The molecule has 3 N–H and O–H groups in total. The van der Waals surface area contributed by atoms with Crippen molar-refractivity contribution in [3.8, 4) is 11.5 Å². The number of amides is 2. The molecule has 7 nitrogen and oxygen atoms in total.